The molecule has 0 unspecified atom stereocenters. The predicted octanol–water partition coefficient (Wildman–Crippen LogP) is 4.71. The van der Waals surface area contributed by atoms with Gasteiger partial charge in [0.2, 0.25) is 0 Å². The SMILES string of the molecule is CC(C)(C)[C@H]1CCc2c(sc3nnn(Cc4ccccc4Cl)c(=O)c23)C1. The monoisotopic (exact) mass is 387 g/mol. The molecule has 2 aromatic heterocycles. The van der Waals surface area contributed by atoms with Gasteiger partial charge in [-0.3, -0.25) is 4.79 Å². The summed E-state index contributed by atoms with van der Waals surface area (Å²) in [7, 11) is 0. The highest BCUT2D eigenvalue weighted by Crippen LogP contribution is 2.41. The zero-order valence-electron chi connectivity index (χ0n) is 15.3. The molecule has 0 saturated carbocycles. The largest absolute Gasteiger partial charge is 0.279 e. The van der Waals surface area contributed by atoms with Crippen molar-refractivity contribution >= 4 is 33.2 Å². The zero-order chi connectivity index (χ0) is 18.5. The van der Waals surface area contributed by atoms with Gasteiger partial charge < -0.3 is 0 Å². The van der Waals surface area contributed by atoms with Crippen LogP contribution in [0.15, 0.2) is 29.1 Å². The first-order chi connectivity index (χ1) is 12.3. The Morgan fingerprint density at radius 2 is 2.08 bits per heavy atom. The van der Waals surface area contributed by atoms with Crippen molar-refractivity contribution in [3.8, 4) is 0 Å². The highest BCUT2D eigenvalue weighted by Gasteiger charge is 2.31. The summed E-state index contributed by atoms with van der Waals surface area (Å²) in [5.41, 5.74) is 2.30. The molecule has 1 aliphatic carbocycles. The summed E-state index contributed by atoms with van der Waals surface area (Å²) in [5.74, 6) is 0.640. The van der Waals surface area contributed by atoms with E-state index in [-0.39, 0.29) is 11.0 Å². The van der Waals surface area contributed by atoms with Crippen molar-refractivity contribution in [2.75, 3.05) is 0 Å². The van der Waals surface area contributed by atoms with E-state index in [0.29, 0.717) is 17.5 Å². The van der Waals surface area contributed by atoms with Crippen LogP contribution in [-0.2, 0) is 19.4 Å². The maximum Gasteiger partial charge on any atom is 0.279 e. The number of aromatic nitrogens is 3. The summed E-state index contributed by atoms with van der Waals surface area (Å²) in [6.07, 6.45) is 3.10. The van der Waals surface area contributed by atoms with E-state index in [1.165, 1.54) is 15.1 Å². The fourth-order valence-electron chi connectivity index (χ4n) is 3.76. The van der Waals surface area contributed by atoms with Gasteiger partial charge in [0.15, 0.2) is 4.83 Å². The number of rotatable bonds is 2. The van der Waals surface area contributed by atoms with Crippen LogP contribution in [0.4, 0.5) is 0 Å². The Labute approximate surface area is 161 Å². The van der Waals surface area contributed by atoms with Crippen molar-refractivity contribution in [3.63, 3.8) is 0 Å². The lowest BCUT2D eigenvalue weighted by Crippen LogP contribution is -2.28. The number of fused-ring (bicyclic) bond motifs is 3. The average Bonchev–Trinajstić information content (AvgIpc) is 2.97. The Morgan fingerprint density at radius 3 is 2.81 bits per heavy atom. The van der Waals surface area contributed by atoms with Crippen LogP contribution in [0.25, 0.3) is 10.2 Å². The highest BCUT2D eigenvalue weighted by atomic mass is 35.5. The third-order valence-corrected chi connectivity index (χ3v) is 6.95. The molecule has 1 atom stereocenters. The van der Waals surface area contributed by atoms with Crippen molar-refractivity contribution in [1.82, 2.24) is 15.0 Å². The van der Waals surface area contributed by atoms with Crippen molar-refractivity contribution in [3.05, 3.63) is 55.6 Å². The maximum absolute atomic E-state index is 13.1. The molecule has 1 aromatic carbocycles. The van der Waals surface area contributed by atoms with E-state index in [1.54, 1.807) is 11.3 Å². The highest BCUT2D eigenvalue weighted by molar-refractivity contribution is 7.18. The minimum atomic E-state index is -0.0540. The first kappa shape index (κ1) is 17.7. The quantitative estimate of drug-likeness (QED) is 0.640. The van der Waals surface area contributed by atoms with E-state index in [1.807, 2.05) is 24.3 Å². The van der Waals surface area contributed by atoms with E-state index in [2.05, 4.69) is 31.1 Å². The number of hydrogen-bond donors (Lipinski definition) is 0. The maximum atomic E-state index is 13.1. The Morgan fingerprint density at radius 1 is 1.31 bits per heavy atom. The van der Waals surface area contributed by atoms with Crippen molar-refractivity contribution in [2.45, 2.75) is 46.6 Å². The van der Waals surface area contributed by atoms with Gasteiger partial charge >= 0.3 is 0 Å². The van der Waals surface area contributed by atoms with Crippen LogP contribution < -0.4 is 5.56 Å². The molecule has 136 valence electrons. The number of nitrogens with zero attached hydrogens (tertiary/aromatic N) is 3. The smallest absolute Gasteiger partial charge is 0.267 e. The van der Waals surface area contributed by atoms with Crippen molar-refractivity contribution in [1.29, 1.82) is 0 Å². The second kappa shape index (κ2) is 6.46. The predicted molar refractivity (Wildman–Crippen MR) is 107 cm³/mol. The number of aryl methyl sites for hydroxylation is 1. The summed E-state index contributed by atoms with van der Waals surface area (Å²) in [4.78, 5) is 15.2. The summed E-state index contributed by atoms with van der Waals surface area (Å²) < 4.78 is 1.44. The first-order valence-corrected chi connectivity index (χ1v) is 10.2. The molecule has 4 rings (SSSR count). The Kier molecular flexibility index (Phi) is 4.40. The summed E-state index contributed by atoms with van der Waals surface area (Å²) in [6.45, 7) is 7.24. The molecule has 1 aliphatic rings. The molecule has 0 spiro atoms. The minimum Gasteiger partial charge on any atom is -0.267 e. The number of thiophene rings is 1. The van der Waals surface area contributed by atoms with Crippen LogP contribution in [0, 0.1) is 11.3 Å². The molecule has 0 aliphatic heterocycles. The van der Waals surface area contributed by atoms with Crippen LogP contribution in [0.2, 0.25) is 5.02 Å². The number of halogens is 1. The number of hydrogen-bond acceptors (Lipinski definition) is 4. The second-order valence-corrected chi connectivity index (χ2v) is 9.62. The summed E-state index contributed by atoms with van der Waals surface area (Å²) >= 11 is 7.88. The topological polar surface area (TPSA) is 47.8 Å². The molecule has 0 amide bonds. The third kappa shape index (κ3) is 3.08. The van der Waals surface area contributed by atoms with E-state index >= 15 is 0 Å². The second-order valence-electron chi connectivity index (χ2n) is 8.13. The standard InChI is InChI=1S/C20H22ClN3OS/c1-20(2,3)13-8-9-14-16(10-13)26-18-17(14)19(25)24(23-22-18)11-12-6-4-5-7-15(12)21/h4-7,13H,8-11H2,1-3H3/t13-/m0/s1. The lowest BCUT2D eigenvalue weighted by Gasteiger charge is -2.33. The molecular weight excluding hydrogens is 366 g/mol. The summed E-state index contributed by atoms with van der Waals surface area (Å²) in [6, 6.07) is 7.53. The van der Waals surface area contributed by atoms with Gasteiger partial charge in [0.05, 0.1) is 11.9 Å². The van der Waals surface area contributed by atoms with Crippen molar-refractivity contribution in [2.24, 2.45) is 11.3 Å². The van der Waals surface area contributed by atoms with Crippen molar-refractivity contribution < 1.29 is 0 Å². The van der Waals surface area contributed by atoms with Crippen LogP contribution >= 0.6 is 22.9 Å². The molecule has 2 heterocycles. The average molecular weight is 388 g/mol. The Balaban J connectivity index is 1.75. The molecule has 0 saturated heterocycles. The molecule has 4 nitrogen and oxygen atoms in total. The van der Waals surface area contributed by atoms with Gasteiger partial charge in [0.25, 0.3) is 5.56 Å². The summed E-state index contributed by atoms with van der Waals surface area (Å²) in [5, 5.41) is 9.91. The third-order valence-electron chi connectivity index (χ3n) is 5.44. The first-order valence-electron chi connectivity index (χ1n) is 8.96. The Bertz CT molecular complexity index is 1030. The Hall–Kier alpha value is -1.72. The minimum absolute atomic E-state index is 0.0540. The lowest BCUT2D eigenvalue weighted by molar-refractivity contribution is 0.218. The van der Waals surface area contributed by atoms with Crippen LogP contribution in [0.1, 0.15) is 43.2 Å². The molecular formula is C20H22ClN3OS. The lowest BCUT2D eigenvalue weighted by atomic mass is 9.72. The molecule has 3 aromatic rings. The van der Waals surface area contributed by atoms with Crippen LogP contribution in [0.5, 0.6) is 0 Å². The molecule has 0 N–H and O–H groups in total. The van der Waals surface area contributed by atoms with Gasteiger partial charge in [-0.15, -0.1) is 16.4 Å². The normalized spacial score (nSPS) is 17.5. The fraction of sp³-hybridized carbons (Fsp3) is 0.450. The molecule has 0 bridgehead atoms. The van der Waals surface area contributed by atoms with Gasteiger partial charge in [0, 0.05) is 9.90 Å². The number of benzene rings is 1. The molecule has 0 fully saturated rings. The van der Waals surface area contributed by atoms with Gasteiger partial charge in [0.1, 0.15) is 0 Å². The molecule has 0 radical (unpaired) electrons. The van der Waals surface area contributed by atoms with Crippen LogP contribution in [-0.4, -0.2) is 15.0 Å². The van der Waals surface area contributed by atoms with E-state index in [4.69, 9.17) is 11.6 Å². The van der Waals surface area contributed by atoms with Crippen LogP contribution in [0.3, 0.4) is 0 Å². The van der Waals surface area contributed by atoms with Gasteiger partial charge in [-0.25, -0.2) is 4.68 Å². The fourth-order valence-corrected chi connectivity index (χ4v) is 5.19. The molecule has 6 heteroatoms. The molecule has 26 heavy (non-hydrogen) atoms. The van der Waals surface area contributed by atoms with Gasteiger partial charge in [-0.2, -0.15) is 0 Å². The van der Waals surface area contributed by atoms with E-state index < -0.39 is 0 Å². The van der Waals surface area contributed by atoms with Gasteiger partial charge in [-0.1, -0.05) is 55.8 Å². The van der Waals surface area contributed by atoms with E-state index in [9.17, 15) is 4.79 Å². The van der Waals surface area contributed by atoms with Gasteiger partial charge in [-0.05, 0) is 47.8 Å². The zero-order valence-corrected chi connectivity index (χ0v) is 16.8. The van der Waals surface area contributed by atoms with E-state index in [0.717, 1.165) is 35.0 Å².